The molecule has 0 spiro atoms. The number of nitrogens with one attached hydrogen (secondary N) is 2. The first-order valence-electron chi connectivity index (χ1n) is 11.3. The van der Waals surface area contributed by atoms with Crippen LogP contribution >= 0.6 is 11.3 Å². The van der Waals surface area contributed by atoms with Crippen molar-refractivity contribution in [3.63, 3.8) is 0 Å². The number of carbonyl (C=O) groups excluding carboxylic acids is 2. The summed E-state index contributed by atoms with van der Waals surface area (Å²) in [4.78, 5) is 42.3. The highest BCUT2D eigenvalue weighted by atomic mass is 32.2. The maximum Gasteiger partial charge on any atom is 0.251 e. The monoisotopic (exact) mass is 536 g/mol. The Balaban J connectivity index is 1.38. The van der Waals surface area contributed by atoms with Crippen molar-refractivity contribution in [2.45, 2.75) is 30.9 Å². The van der Waals surface area contributed by atoms with Gasteiger partial charge >= 0.3 is 0 Å². The number of aryl methyl sites for hydroxylation is 1. The number of carbonyl (C=O) groups is 2. The fourth-order valence-electron chi connectivity index (χ4n) is 3.28. The van der Waals surface area contributed by atoms with Gasteiger partial charge in [0.05, 0.1) is 33.8 Å². The van der Waals surface area contributed by atoms with Gasteiger partial charge in [-0.05, 0) is 57.2 Å². The maximum atomic E-state index is 12.5. The molecule has 0 radical (unpaired) electrons. The van der Waals surface area contributed by atoms with Crippen LogP contribution in [0.2, 0.25) is 0 Å². The van der Waals surface area contributed by atoms with E-state index >= 15 is 0 Å². The third-order valence-electron chi connectivity index (χ3n) is 5.28. The van der Waals surface area contributed by atoms with E-state index in [0.29, 0.717) is 27.9 Å². The van der Waals surface area contributed by atoms with Crippen LogP contribution < -0.4 is 10.6 Å². The van der Waals surface area contributed by atoms with Gasteiger partial charge in [-0.15, -0.1) is 11.3 Å². The molecular weight excluding hydrogens is 512 g/mol. The average Bonchev–Trinajstić information content (AvgIpc) is 3.35. The van der Waals surface area contributed by atoms with Crippen molar-refractivity contribution in [2.24, 2.45) is 0 Å². The van der Waals surface area contributed by atoms with Crippen molar-refractivity contribution in [3.8, 4) is 22.8 Å². The van der Waals surface area contributed by atoms with Gasteiger partial charge in [-0.25, -0.2) is 28.4 Å². The quantitative estimate of drug-likeness (QED) is 0.348. The van der Waals surface area contributed by atoms with Crippen molar-refractivity contribution in [1.82, 2.24) is 25.3 Å². The van der Waals surface area contributed by atoms with Gasteiger partial charge in [-0.1, -0.05) is 12.1 Å². The largest absolute Gasteiger partial charge is 0.343 e. The van der Waals surface area contributed by atoms with Crippen LogP contribution in [-0.2, 0) is 14.6 Å². The van der Waals surface area contributed by atoms with Gasteiger partial charge in [-0.2, -0.15) is 0 Å². The van der Waals surface area contributed by atoms with E-state index in [0.717, 1.165) is 5.69 Å². The molecular formula is C25H24N6O4S2. The molecule has 0 fully saturated rings. The molecule has 4 rings (SSSR count). The molecule has 2 N–H and O–H groups in total. The summed E-state index contributed by atoms with van der Waals surface area (Å²) in [7, 11) is -3.52. The van der Waals surface area contributed by atoms with E-state index in [-0.39, 0.29) is 17.0 Å². The van der Waals surface area contributed by atoms with Crippen LogP contribution in [0.15, 0.2) is 65.1 Å². The van der Waals surface area contributed by atoms with Crippen LogP contribution in [0.25, 0.3) is 22.8 Å². The van der Waals surface area contributed by atoms with E-state index < -0.39 is 26.9 Å². The van der Waals surface area contributed by atoms with E-state index in [2.05, 4.69) is 30.6 Å². The Kier molecular flexibility index (Phi) is 7.69. The van der Waals surface area contributed by atoms with Crippen LogP contribution in [0, 0.1) is 6.92 Å². The smallest absolute Gasteiger partial charge is 0.251 e. The highest BCUT2D eigenvalue weighted by molar-refractivity contribution is 7.92. The lowest BCUT2D eigenvalue weighted by molar-refractivity contribution is -0.115. The third-order valence-corrected chi connectivity index (χ3v) is 8.19. The molecule has 2 amide bonds. The second kappa shape index (κ2) is 10.9. The molecule has 190 valence electrons. The lowest BCUT2D eigenvalue weighted by Gasteiger charge is -2.10. The summed E-state index contributed by atoms with van der Waals surface area (Å²) in [5.41, 5.74) is 3.55. The molecule has 0 unspecified atom stereocenters. The molecule has 10 nitrogen and oxygen atoms in total. The molecule has 0 aliphatic rings. The summed E-state index contributed by atoms with van der Waals surface area (Å²) in [5, 5.41) is 6.66. The van der Waals surface area contributed by atoms with Crippen LogP contribution in [-0.4, -0.2) is 52.0 Å². The predicted molar refractivity (Wildman–Crippen MR) is 141 cm³/mol. The van der Waals surface area contributed by atoms with Crippen LogP contribution in [0.4, 0.5) is 5.13 Å². The molecule has 3 heterocycles. The summed E-state index contributed by atoms with van der Waals surface area (Å²) in [6, 6.07) is 13.1. The number of amides is 2. The number of nitrogens with zero attached hydrogens (tertiary/aromatic N) is 4. The normalized spacial score (nSPS) is 11.4. The number of sulfone groups is 1. The fourth-order valence-corrected chi connectivity index (χ4v) is 5.10. The Morgan fingerprint density at radius 3 is 2.41 bits per heavy atom. The van der Waals surface area contributed by atoms with Gasteiger partial charge in [0.1, 0.15) is 12.0 Å². The molecule has 1 aromatic carbocycles. The molecule has 12 heteroatoms. The van der Waals surface area contributed by atoms with Crippen molar-refractivity contribution >= 4 is 38.1 Å². The highest BCUT2D eigenvalue weighted by Crippen LogP contribution is 2.25. The zero-order valence-corrected chi connectivity index (χ0v) is 21.9. The lowest BCUT2D eigenvalue weighted by Crippen LogP contribution is -2.33. The number of hydrogen-bond acceptors (Lipinski definition) is 9. The van der Waals surface area contributed by atoms with Gasteiger partial charge in [0, 0.05) is 16.6 Å². The number of thiazole rings is 1. The Labute approximate surface area is 218 Å². The first kappa shape index (κ1) is 26.0. The molecule has 0 saturated carbocycles. The summed E-state index contributed by atoms with van der Waals surface area (Å²) in [6.45, 7) is 4.71. The van der Waals surface area contributed by atoms with E-state index in [9.17, 15) is 18.0 Å². The zero-order chi connectivity index (χ0) is 26.6. The summed E-state index contributed by atoms with van der Waals surface area (Å²) >= 11 is 1.23. The third kappa shape index (κ3) is 6.22. The molecule has 37 heavy (non-hydrogen) atoms. The van der Waals surface area contributed by atoms with Crippen LogP contribution in [0.5, 0.6) is 0 Å². The second-order valence-electron chi connectivity index (χ2n) is 8.34. The Morgan fingerprint density at radius 1 is 0.946 bits per heavy atom. The topological polar surface area (TPSA) is 144 Å². The van der Waals surface area contributed by atoms with Crippen LogP contribution in [0.1, 0.15) is 29.9 Å². The number of hydrogen-bond donors (Lipinski definition) is 2. The van der Waals surface area contributed by atoms with Gasteiger partial charge in [-0.3, -0.25) is 9.59 Å². The standard InChI is InChI=1S/C25H24N6O4S2/c1-15(2)37(34,35)18-7-4-6-17(11-18)24(33)26-12-23(32)31-25-30-22(13-36-25)20-9-5-8-19(29-20)21-10-16(3)27-14-28-21/h4-11,13-15H,12H2,1-3H3,(H,26,33)(H,30,31,32). The molecule has 0 aliphatic heterocycles. The first-order chi connectivity index (χ1) is 17.6. The van der Waals surface area contributed by atoms with E-state index in [1.165, 1.54) is 41.9 Å². The van der Waals surface area contributed by atoms with E-state index in [1.807, 2.05) is 31.2 Å². The molecule has 0 aliphatic carbocycles. The fraction of sp³-hybridized carbons (Fsp3) is 0.200. The first-order valence-corrected chi connectivity index (χ1v) is 13.7. The Hall–Kier alpha value is -4.03. The zero-order valence-electron chi connectivity index (χ0n) is 20.3. The van der Waals surface area contributed by atoms with Crippen molar-refractivity contribution in [2.75, 3.05) is 11.9 Å². The SMILES string of the molecule is Cc1cc(-c2cccc(-c3csc(NC(=O)CNC(=O)c4cccc(S(=O)(=O)C(C)C)c4)n3)n2)ncn1. The number of benzene rings is 1. The summed E-state index contributed by atoms with van der Waals surface area (Å²) < 4.78 is 24.7. The minimum absolute atomic E-state index is 0.0578. The predicted octanol–water partition coefficient (Wildman–Crippen LogP) is 3.52. The summed E-state index contributed by atoms with van der Waals surface area (Å²) in [6.07, 6.45) is 1.48. The molecule has 0 saturated heterocycles. The van der Waals surface area contributed by atoms with Crippen molar-refractivity contribution in [3.05, 3.63) is 71.5 Å². The molecule has 4 aromatic rings. The number of anilines is 1. The van der Waals surface area contributed by atoms with E-state index in [1.54, 1.807) is 19.2 Å². The average molecular weight is 537 g/mol. The van der Waals surface area contributed by atoms with Gasteiger partial charge in [0.15, 0.2) is 15.0 Å². The number of aromatic nitrogens is 4. The minimum Gasteiger partial charge on any atom is -0.343 e. The number of rotatable bonds is 8. The maximum absolute atomic E-state index is 12.5. The van der Waals surface area contributed by atoms with Crippen molar-refractivity contribution < 1.29 is 18.0 Å². The second-order valence-corrected chi connectivity index (χ2v) is 11.7. The van der Waals surface area contributed by atoms with Gasteiger partial charge in [0.2, 0.25) is 5.91 Å². The molecule has 0 bridgehead atoms. The van der Waals surface area contributed by atoms with Gasteiger partial charge in [0.25, 0.3) is 5.91 Å². The Bertz CT molecular complexity index is 1570. The molecule has 0 atom stereocenters. The minimum atomic E-state index is -3.52. The van der Waals surface area contributed by atoms with Gasteiger partial charge < -0.3 is 10.6 Å². The Morgan fingerprint density at radius 2 is 1.68 bits per heavy atom. The highest BCUT2D eigenvalue weighted by Gasteiger charge is 2.20. The van der Waals surface area contributed by atoms with E-state index in [4.69, 9.17) is 0 Å². The summed E-state index contributed by atoms with van der Waals surface area (Å²) in [5.74, 6) is -1.03. The van der Waals surface area contributed by atoms with Crippen molar-refractivity contribution in [1.29, 1.82) is 0 Å². The molecule has 3 aromatic heterocycles. The lowest BCUT2D eigenvalue weighted by atomic mass is 10.2. The van der Waals surface area contributed by atoms with Crippen LogP contribution in [0.3, 0.4) is 0 Å². The number of pyridine rings is 1.